The number of pyridine rings is 1. The van der Waals surface area contributed by atoms with Gasteiger partial charge in [-0.3, -0.25) is 9.52 Å². The van der Waals surface area contributed by atoms with Gasteiger partial charge in [0.1, 0.15) is 0 Å². The number of aliphatic carboxylic acids is 1. The van der Waals surface area contributed by atoms with Gasteiger partial charge in [-0.2, -0.15) is 0 Å². The third kappa shape index (κ3) is 4.21. The predicted molar refractivity (Wildman–Crippen MR) is 68.2 cm³/mol. The summed E-state index contributed by atoms with van der Waals surface area (Å²) in [6.07, 6.45) is 1.11. The number of carbonyl (C=O) groups is 1. The fourth-order valence-electron chi connectivity index (χ4n) is 1.27. The molecule has 1 aromatic heterocycles. The van der Waals surface area contributed by atoms with Crippen molar-refractivity contribution in [2.75, 3.05) is 29.5 Å². The van der Waals surface area contributed by atoms with E-state index in [9.17, 15) is 13.2 Å². The fourth-order valence-corrected chi connectivity index (χ4v) is 2.31. The molecule has 0 amide bonds. The van der Waals surface area contributed by atoms with Crippen molar-refractivity contribution in [1.29, 1.82) is 0 Å². The van der Waals surface area contributed by atoms with Crippen LogP contribution in [-0.4, -0.2) is 44.3 Å². The number of carboxylic acid groups (broad SMARTS) is 1. The molecule has 0 aliphatic heterocycles. The molecule has 0 aromatic carbocycles. The predicted octanol–water partition coefficient (Wildman–Crippen LogP) is 0.364. The first-order valence-electron chi connectivity index (χ1n) is 5.16. The number of anilines is 2. The Hall–Kier alpha value is -1.83. The molecule has 0 saturated carbocycles. The number of nitrogens with one attached hydrogen (secondary N) is 1. The summed E-state index contributed by atoms with van der Waals surface area (Å²) in [6, 6.07) is 3.17. The number of rotatable bonds is 6. The van der Waals surface area contributed by atoms with Gasteiger partial charge in [-0.25, -0.2) is 13.4 Å². The molecular formula is C10H15N3O4S. The van der Waals surface area contributed by atoms with Gasteiger partial charge in [0.05, 0.1) is 17.9 Å². The summed E-state index contributed by atoms with van der Waals surface area (Å²) >= 11 is 0. The van der Waals surface area contributed by atoms with E-state index in [2.05, 4.69) is 9.71 Å². The Kier molecular flexibility index (Phi) is 4.49. The summed E-state index contributed by atoms with van der Waals surface area (Å²) in [6.45, 7) is 0. The molecule has 7 nitrogen and oxygen atoms in total. The summed E-state index contributed by atoms with van der Waals surface area (Å²) < 4.78 is 25.6. The Morgan fingerprint density at radius 2 is 2.17 bits per heavy atom. The van der Waals surface area contributed by atoms with Crippen LogP contribution in [0.2, 0.25) is 0 Å². The molecule has 100 valence electrons. The molecule has 0 aliphatic rings. The summed E-state index contributed by atoms with van der Waals surface area (Å²) in [5.41, 5.74) is 0.327. The van der Waals surface area contributed by atoms with Crippen LogP contribution < -0.4 is 9.62 Å². The van der Waals surface area contributed by atoms with Crippen LogP contribution in [0.3, 0.4) is 0 Å². The quantitative estimate of drug-likeness (QED) is 0.776. The molecule has 0 unspecified atom stereocenters. The minimum atomic E-state index is -3.68. The van der Waals surface area contributed by atoms with Crippen molar-refractivity contribution in [2.24, 2.45) is 0 Å². The molecule has 8 heteroatoms. The fraction of sp³-hybridized carbons (Fsp3) is 0.400. The van der Waals surface area contributed by atoms with Gasteiger partial charge in [-0.1, -0.05) is 0 Å². The zero-order valence-electron chi connectivity index (χ0n) is 10.1. The van der Waals surface area contributed by atoms with E-state index >= 15 is 0 Å². The highest BCUT2D eigenvalue weighted by Gasteiger charge is 2.15. The number of hydrogen-bond acceptors (Lipinski definition) is 5. The minimum absolute atomic E-state index is 0.327. The van der Waals surface area contributed by atoms with E-state index in [1.807, 2.05) is 0 Å². The largest absolute Gasteiger partial charge is 0.481 e. The van der Waals surface area contributed by atoms with Crippen molar-refractivity contribution in [3.8, 4) is 0 Å². The third-order valence-corrected chi connectivity index (χ3v) is 3.33. The van der Waals surface area contributed by atoms with Crippen molar-refractivity contribution in [1.82, 2.24) is 4.98 Å². The van der Waals surface area contributed by atoms with Gasteiger partial charge in [-0.15, -0.1) is 0 Å². The van der Waals surface area contributed by atoms with Gasteiger partial charge in [0.2, 0.25) is 10.0 Å². The Bertz CT molecular complexity index is 528. The molecule has 18 heavy (non-hydrogen) atoms. The first kappa shape index (κ1) is 14.2. The lowest BCUT2D eigenvalue weighted by molar-refractivity contribution is -0.136. The molecule has 0 spiro atoms. The molecule has 1 heterocycles. The van der Waals surface area contributed by atoms with Crippen LogP contribution in [0.5, 0.6) is 0 Å². The molecule has 0 saturated heterocycles. The van der Waals surface area contributed by atoms with E-state index in [0.29, 0.717) is 11.5 Å². The molecule has 0 radical (unpaired) electrons. The van der Waals surface area contributed by atoms with Gasteiger partial charge in [0, 0.05) is 20.3 Å². The SMILES string of the molecule is CN(C)c1ncccc1NS(=O)(=O)CCC(=O)O. The molecule has 1 rings (SSSR count). The Labute approximate surface area is 106 Å². The molecule has 0 bridgehead atoms. The highest BCUT2D eigenvalue weighted by Crippen LogP contribution is 2.21. The van der Waals surface area contributed by atoms with Gasteiger partial charge in [-0.05, 0) is 12.1 Å². The highest BCUT2D eigenvalue weighted by atomic mass is 32.2. The Morgan fingerprint density at radius 1 is 1.50 bits per heavy atom. The average Bonchev–Trinajstić information content (AvgIpc) is 2.26. The van der Waals surface area contributed by atoms with E-state index < -0.39 is 28.2 Å². The molecular weight excluding hydrogens is 258 g/mol. The lowest BCUT2D eigenvalue weighted by Crippen LogP contribution is -2.21. The molecule has 2 N–H and O–H groups in total. The topological polar surface area (TPSA) is 99.6 Å². The van der Waals surface area contributed by atoms with Crippen molar-refractivity contribution < 1.29 is 18.3 Å². The van der Waals surface area contributed by atoms with Crippen molar-refractivity contribution >= 4 is 27.5 Å². The van der Waals surface area contributed by atoms with Crippen LogP contribution >= 0.6 is 0 Å². The van der Waals surface area contributed by atoms with Gasteiger partial charge in [0.15, 0.2) is 5.82 Å². The van der Waals surface area contributed by atoms with Gasteiger partial charge >= 0.3 is 5.97 Å². The zero-order chi connectivity index (χ0) is 13.8. The van der Waals surface area contributed by atoms with Gasteiger partial charge < -0.3 is 10.0 Å². The number of hydrogen-bond donors (Lipinski definition) is 2. The lowest BCUT2D eigenvalue weighted by Gasteiger charge is -2.16. The molecule has 0 aliphatic carbocycles. The lowest BCUT2D eigenvalue weighted by atomic mass is 10.4. The minimum Gasteiger partial charge on any atom is -0.481 e. The van der Waals surface area contributed by atoms with Crippen molar-refractivity contribution in [3.63, 3.8) is 0 Å². The van der Waals surface area contributed by atoms with Crippen LogP contribution in [0, 0.1) is 0 Å². The van der Waals surface area contributed by atoms with Crippen LogP contribution in [0.25, 0.3) is 0 Å². The summed E-state index contributed by atoms with van der Waals surface area (Å²) in [7, 11) is -0.216. The summed E-state index contributed by atoms with van der Waals surface area (Å²) in [4.78, 5) is 16.1. The molecule has 0 atom stereocenters. The second kappa shape index (κ2) is 5.67. The van der Waals surface area contributed by atoms with Crippen LogP contribution in [-0.2, 0) is 14.8 Å². The molecule has 0 fully saturated rings. The van der Waals surface area contributed by atoms with Crippen LogP contribution in [0.1, 0.15) is 6.42 Å². The first-order valence-corrected chi connectivity index (χ1v) is 6.81. The zero-order valence-corrected chi connectivity index (χ0v) is 10.9. The van der Waals surface area contributed by atoms with E-state index in [4.69, 9.17) is 5.11 Å². The van der Waals surface area contributed by atoms with Crippen LogP contribution in [0.15, 0.2) is 18.3 Å². The maximum Gasteiger partial charge on any atom is 0.304 e. The number of nitrogens with zero attached hydrogens (tertiary/aromatic N) is 2. The maximum absolute atomic E-state index is 11.7. The van der Waals surface area contributed by atoms with E-state index in [-0.39, 0.29) is 0 Å². The standard InChI is InChI=1S/C10H15N3O4S/c1-13(2)10-8(4-3-6-11-10)12-18(16,17)7-5-9(14)15/h3-4,6,12H,5,7H2,1-2H3,(H,14,15). The van der Waals surface area contributed by atoms with E-state index in [1.165, 1.54) is 0 Å². The average molecular weight is 273 g/mol. The highest BCUT2D eigenvalue weighted by molar-refractivity contribution is 7.92. The number of carboxylic acids is 1. The maximum atomic E-state index is 11.7. The summed E-state index contributed by atoms with van der Waals surface area (Å²) in [5, 5.41) is 8.47. The Balaban J connectivity index is 2.87. The molecule has 1 aromatic rings. The number of sulfonamides is 1. The van der Waals surface area contributed by atoms with Crippen molar-refractivity contribution in [2.45, 2.75) is 6.42 Å². The van der Waals surface area contributed by atoms with E-state index in [0.717, 1.165) is 0 Å². The normalized spacial score (nSPS) is 11.0. The second-order valence-electron chi connectivity index (χ2n) is 3.83. The monoisotopic (exact) mass is 273 g/mol. The Morgan fingerprint density at radius 3 is 2.72 bits per heavy atom. The van der Waals surface area contributed by atoms with Crippen LogP contribution in [0.4, 0.5) is 11.5 Å². The first-order chi connectivity index (χ1) is 8.32. The number of aromatic nitrogens is 1. The second-order valence-corrected chi connectivity index (χ2v) is 5.68. The smallest absolute Gasteiger partial charge is 0.304 e. The van der Waals surface area contributed by atoms with E-state index in [1.54, 1.807) is 37.3 Å². The third-order valence-electron chi connectivity index (χ3n) is 2.06. The summed E-state index contributed by atoms with van der Waals surface area (Å²) in [5.74, 6) is -1.15. The van der Waals surface area contributed by atoms with Gasteiger partial charge in [0.25, 0.3) is 0 Å². The van der Waals surface area contributed by atoms with Crippen molar-refractivity contribution in [3.05, 3.63) is 18.3 Å².